The van der Waals surface area contributed by atoms with Crippen molar-refractivity contribution < 1.29 is 13.8 Å². The maximum atomic E-state index is 13.1. The minimum atomic E-state index is -0.398. The topological polar surface area (TPSA) is 103 Å². The lowest BCUT2D eigenvalue weighted by atomic mass is 9.98. The van der Waals surface area contributed by atoms with Crippen LogP contribution in [0.25, 0.3) is 16.3 Å². The van der Waals surface area contributed by atoms with Gasteiger partial charge in [-0.15, -0.1) is 0 Å². The van der Waals surface area contributed by atoms with Crippen molar-refractivity contribution in [1.29, 1.82) is 0 Å². The molecule has 1 aromatic carbocycles. The van der Waals surface area contributed by atoms with Gasteiger partial charge in [0.15, 0.2) is 0 Å². The second-order valence-electron chi connectivity index (χ2n) is 6.82. The number of aromatic nitrogens is 4. The molecule has 0 bridgehead atoms. The van der Waals surface area contributed by atoms with Gasteiger partial charge in [-0.3, -0.25) is 0 Å². The van der Waals surface area contributed by atoms with Gasteiger partial charge in [0.05, 0.1) is 5.92 Å². The molecule has 4 aromatic rings. The van der Waals surface area contributed by atoms with Gasteiger partial charge in [0.25, 0.3) is 4.96 Å². The summed E-state index contributed by atoms with van der Waals surface area (Å²) >= 11 is 1.36. The van der Waals surface area contributed by atoms with Gasteiger partial charge < -0.3 is 19.5 Å². The van der Waals surface area contributed by atoms with Gasteiger partial charge >= 0.3 is 5.82 Å². The summed E-state index contributed by atoms with van der Waals surface area (Å²) in [5.41, 5.74) is 0.666. The Bertz CT molecular complexity index is 1180. The number of hydrogen-bond donors (Lipinski definition) is 0. The van der Waals surface area contributed by atoms with Crippen molar-refractivity contribution in [2.75, 3.05) is 18.0 Å². The molecule has 148 valence electrons. The predicted molar refractivity (Wildman–Crippen MR) is 104 cm³/mol. The lowest BCUT2D eigenvalue weighted by Crippen LogP contribution is -2.35. The molecule has 1 saturated heterocycles. The molecule has 0 spiro atoms. The molecule has 29 heavy (non-hydrogen) atoms. The van der Waals surface area contributed by atoms with E-state index in [1.54, 1.807) is 23.7 Å². The second-order valence-corrected chi connectivity index (χ2v) is 7.69. The molecule has 0 N–H and O–H groups in total. The molecule has 11 heteroatoms. The highest BCUT2D eigenvalue weighted by Gasteiger charge is 2.33. The van der Waals surface area contributed by atoms with Crippen LogP contribution in [0.4, 0.5) is 16.0 Å². The molecule has 0 radical (unpaired) electrons. The molecule has 3 aromatic heterocycles. The number of imidazole rings is 1. The van der Waals surface area contributed by atoms with Crippen LogP contribution in [0.15, 0.2) is 40.4 Å². The van der Waals surface area contributed by atoms with Crippen molar-refractivity contribution in [2.45, 2.75) is 18.8 Å². The van der Waals surface area contributed by atoms with E-state index in [0.29, 0.717) is 41.1 Å². The smallest absolute Gasteiger partial charge is 0.358 e. The van der Waals surface area contributed by atoms with E-state index in [1.165, 1.54) is 27.9 Å². The number of benzene rings is 1. The van der Waals surface area contributed by atoms with Crippen molar-refractivity contribution >= 4 is 27.9 Å². The number of hydrogen-bond acceptors (Lipinski definition) is 8. The third-order valence-corrected chi connectivity index (χ3v) is 5.76. The van der Waals surface area contributed by atoms with E-state index in [0.717, 1.165) is 12.8 Å². The quantitative estimate of drug-likeness (QED) is 0.369. The van der Waals surface area contributed by atoms with E-state index >= 15 is 0 Å². The van der Waals surface area contributed by atoms with Gasteiger partial charge in [-0.05, 0) is 42.0 Å². The number of nitrogens with zero attached hydrogens (tertiary/aromatic N) is 6. The summed E-state index contributed by atoms with van der Waals surface area (Å²) in [4.78, 5) is 22.7. The Morgan fingerprint density at radius 2 is 2.10 bits per heavy atom. The van der Waals surface area contributed by atoms with E-state index < -0.39 is 4.92 Å². The molecular formula is C18H15FN6O3S. The standard InChI is InChI=1S/C18H15FN6O3S/c19-13-5-3-11(4-6-13)14-20-16(28-22-14)12-2-1-7-23(10-12)15-17(25(26)27)24-8-9-29-18(24)21-15/h3-6,8-9,12H,1-2,7,10H2. The van der Waals surface area contributed by atoms with Crippen molar-refractivity contribution in [3.8, 4) is 11.4 Å². The van der Waals surface area contributed by atoms with Gasteiger partial charge in [-0.2, -0.15) is 14.4 Å². The first-order valence-corrected chi connectivity index (χ1v) is 9.92. The molecule has 1 atom stereocenters. The van der Waals surface area contributed by atoms with Crippen LogP contribution in [-0.4, -0.2) is 37.5 Å². The summed E-state index contributed by atoms with van der Waals surface area (Å²) < 4.78 is 20.1. The number of halogens is 1. The van der Waals surface area contributed by atoms with E-state index in [9.17, 15) is 14.5 Å². The fourth-order valence-corrected chi connectivity index (χ4v) is 4.34. The van der Waals surface area contributed by atoms with Crippen LogP contribution in [-0.2, 0) is 0 Å². The monoisotopic (exact) mass is 414 g/mol. The predicted octanol–water partition coefficient (Wildman–Crippen LogP) is 3.88. The fourth-order valence-electron chi connectivity index (χ4n) is 3.63. The first-order valence-electron chi connectivity index (χ1n) is 9.04. The van der Waals surface area contributed by atoms with Gasteiger partial charge in [-0.1, -0.05) is 16.5 Å². The molecule has 1 aliphatic rings. The van der Waals surface area contributed by atoms with E-state index in [2.05, 4.69) is 15.1 Å². The summed E-state index contributed by atoms with van der Waals surface area (Å²) in [6.07, 6.45) is 3.31. The van der Waals surface area contributed by atoms with Crippen molar-refractivity contribution in [2.24, 2.45) is 0 Å². The van der Waals surface area contributed by atoms with Crippen LogP contribution in [0.5, 0.6) is 0 Å². The Hall–Kier alpha value is -3.34. The number of anilines is 1. The molecule has 9 nitrogen and oxygen atoms in total. The van der Waals surface area contributed by atoms with Crippen LogP contribution < -0.4 is 4.90 Å². The molecule has 1 fully saturated rings. The minimum Gasteiger partial charge on any atom is -0.358 e. The van der Waals surface area contributed by atoms with Gasteiger partial charge in [0, 0.05) is 24.0 Å². The Balaban J connectivity index is 1.42. The Labute approximate surface area is 167 Å². The summed E-state index contributed by atoms with van der Waals surface area (Å²) in [5, 5.41) is 17.4. The molecular weight excluding hydrogens is 399 g/mol. The molecule has 0 saturated carbocycles. The highest BCUT2D eigenvalue weighted by molar-refractivity contribution is 7.15. The van der Waals surface area contributed by atoms with E-state index in [1.807, 2.05) is 4.90 Å². The maximum absolute atomic E-state index is 13.1. The molecule has 4 heterocycles. The van der Waals surface area contributed by atoms with Gasteiger partial charge in [0.2, 0.25) is 17.5 Å². The SMILES string of the molecule is O=[N+]([O-])c1c(N2CCCC(c3nc(-c4ccc(F)cc4)no3)C2)nc2sccn12. The summed E-state index contributed by atoms with van der Waals surface area (Å²) in [6.45, 7) is 1.16. The average molecular weight is 414 g/mol. The Morgan fingerprint density at radius 1 is 1.28 bits per heavy atom. The van der Waals surface area contributed by atoms with E-state index in [-0.39, 0.29) is 17.6 Å². The average Bonchev–Trinajstić information content (AvgIpc) is 3.44. The highest BCUT2D eigenvalue weighted by atomic mass is 32.1. The van der Waals surface area contributed by atoms with E-state index in [4.69, 9.17) is 4.52 Å². The number of nitro groups is 1. The molecule has 5 rings (SSSR count). The molecule has 1 unspecified atom stereocenters. The number of thiazole rings is 1. The van der Waals surface area contributed by atoms with Crippen LogP contribution in [0.1, 0.15) is 24.7 Å². The lowest BCUT2D eigenvalue weighted by Gasteiger charge is -2.30. The first-order chi connectivity index (χ1) is 14.1. The van der Waals surface area contributed by atoms with Crippen LogP contribution in [0.2, 0.25) is 0 Å². The zero-order valence-electron chi connectivity index (χ0n) is 15.1. The third kappa shape index (κ3) is 3.12. The molecule has 0 amide bonds. The number of fused-ring (bicyclic) bond motifs is 1. The Morgan fingerprint density at radius 3 is 2.90 bits per heavy atom. The number of rotatable bonds is 4. The summed E-state index contributed by atoms with van der Waals surface area (Å²) in [7, 11) is 0. The molecule has 1 aliphatic heterocycles. The zero-order chi connectivity index (χ0) is 20.0. The summed E-state index contributed by atoms with van der Waals surface area (Å²) in [5.74, 6) is 0.805. The van der Waals surface area contributed by atoms with Crippen molar-refractivity contribution in [3.05, 3.63) is 57.7 Å². The Kier molecular flexibility index (Phi) is 4.23. The van der Waals surface area contributed by atoms with Gasteiger partial charge in [-0.25, -0.2) is 4.39 Å². The normalized spacial score (nSPS) is 17.1. The first kappa shape index (κ1) is 17.7. The summed E-state index contributed by atoms with van der Waals surface area (Å²) in [6, 6.07) is 5.88. The maximum Gasteiger partial charge on any atom is 0.373 e. The minimum absolute atomic E-state index is 0.0283. The van der Waals surface area contributed by atoms with Crippen LogP contribution in [0, 0.1) is 15.9 Å². The van der Waals surface area contributed by atoms with Crippen molar-refractivity contribution in [1.82, 2.24) is 19.5 Å². The zero-order valence-corrected chi connectivity index (χ0v) is 15.9. The third-order valence-electron chi connectivity index (χ3n) is 5.01. The lowest BCUT2D eigenvalue weighted by molar-refractivity contribution is -0.389. The number of piperidine rings is 1. The second kappa shape index (κ2) is 6.92. The fraction of sp³-hybridized carbons (Fsp3) is 0.278. The largest absolute Gasteiger partial charge is 0.373 e. The van der Waals surface area contributed by atoms with Crippen LogP contribution >= 0.6 is 11.3 Å². The highest BCUT2D eigenvalue weighted by Crippen LogP contribution is 2.36. The van der Waals surface area contributed by atoms with Crippen LogP contribution in [0.3, 0.4) is 0 Å². The molecule has 0 aliphatic carbocycles. The van der Waals surface area contributed by atoms with Crippen molar-refractivity contribution in [3.63, 3.8) is 0 Å². The van der Waals surface area contributed by atoms with Gasteiger partial charge in [0.1, 0.15) is 12.0 Å².